The van der Waals surface area contributed by atoms with Gasteiger partial charge in [0.15, 0.2) is 5.78 Å². The summed E-state index contributed by atoms with van der Waals surface area (Å²) in [4.78, 5) is 10.5. The van der Waals surface area contributed by atoms with Crippen LogP contribution in [0.5, 0.6) is 0 Å². The number of ether oxygens (including phenoxy) is 2. The molecule has 1 N–H and O–H groups in total. The Hall–Kier alpha value is -0.450. The minimum atomic E-state index is 0.0495. The van der Waals surface area contributed by atoms with Gasteiger partial charge in [-0.1, -0.05) is 6.92 Å². The van der Waals surface area contributed by atoms with Crippen LogP contribution in [0.2, 0.25) is 0 Å². The van der Waals surface area contributed by atoms with Crippen molar-refractivity contribution >= 4 is 5.78 Å². The zero-order chi connectivity index (χ0) is 11.5. The van der Waals surface area contributed by atoms with Crippen LogP contribution in [0.3, 0.4) is 0 Å². The van der Waals surface area contributed by atoms with Gasteiger partial charge in [0.25, 0.3) is 0 Å². The van der Waals surface area contributed by atoms with Crippen molar-refractivity contribution in [2.45, 2.75) is 33.2 Å². The van der Waals surface area contributed by atoms with Gasteiger partial charge in [0.1, 0.15) is 6.61 Å². The Bertz CT molecular complexity index is 162. The first kappa shape index (κ1) is 14.6. The average Bonchev–Trinajstić information content (AvgIpc) is 2.21. The molecular formula is C11H23NO3. The van der Waals surface area contributed by atoms with Crippen LogP contribution in [0.15, 0.2) is 0 Å². The van der Waals surface area contributed by atoms with Crippen LogP contribution in [0, 0.1) is 0 Å². The largest absolute Gasteiger partial charge is 0.378 e. The fourth-order valence-corrected chi connectivity index (χ4v) is 0.958. The van der Waals surface area contributed by atoms with E-state index in [2.05, 4.69) is 19.2 Å². The van der Waals surface area contributed by atoms with Crippen molar-refractivity contribution in [1.29, 1.82) is 0 Å². The van der Waals surface area contributed by atoms with Gasteiger partial charge in [0, 0.05) is 12.6 Å². The highest BCUT2D eigenvalue weighted by Gasteiger charge is 1.96. The van der Waals surface area contributed by atoms with Gasteiger partial charge in [0.2, 0.25) is 0 Å². The van der Waals surface area contributed by atoms with Crippen LogP contribution in [0.4, 0.5) is 0 Å². The van der Waals surface area contributed by atoms with Crippen molar-refractivity contribution in [3.8, 4) is 0 Å². The van der Waals surface area contributed by atoms with Crippen LogP contribution >= 0.6 is 0 Å². The van der Waals surface area contributed by atoms with Gasteiger partial charge >= 0.3 is 0 Å². The molecule has 0 aromatic heterocycles. The molecule has 0 aliphatic carbocycles. The number of hydrogen-bond donors (Lipinski definition) is 1. The van der Waals surface area contributed by atoms with Crippen LogP contribution in [-0.4, -0.2) is 44.8 Å². The Morgan fingerprint density at radius 2 is 1.93 bits per heavy atom. The fourth-order valence-electron chi connectivity index (χ4n) is 0.958. The molecular weight excluding hydrogens is 194 g/mol. The maximum absolute atomic E-state index is 10.5. The van der Waals surface area contributed by atoms with Crippen molar-refractivity contribution in [2.24, 2.45) is 0 Å². The summed E-state index contributed by atoms with van der Waals surface area (Å²) in [5.74, 6) is 0.0495. The van der Waals surface area contributed by atoms with E-state index in [-0.39, 0.29) is 12.4 Å². The molecule has 0 aliphatic heterocycles. The zero-order valence-corrected chi connectivity index (χ0v) is 10.0. The van der Waals surface area contributed by atoms with E-state index in [0.29, 0.717) is 25.9 Å². The number of nitrogens with one attached hydrogen (secondary N) is 1. The van der Waals surface area contributed by atoms with E-state index in [1.54, 1.807) is 0 Å². The highest BCUT2D eigenvalue weighted by molar-refractivity contribution is 5.76. The topological polar surface area (TPSA) is 47.6 Å². The molecule has 0 saturated heterocycles. The van der Waals surface area contributed by atoms with E-state index in [1.807, 2.05) is 0 Å². The standard InChI is InChI=1S/C11H23NO3/c1-4-10(2)12-5-6-14-7-8-15-9-11(3)13/h10,12H,4-9H2,1-3H3. The first-order chi connectivity index (χ1) is 7.16. The average molecular weight is 217 g/mol. The minimum Gasteiger partial charge on any atom is -0.378 e. The second-order valence-corrected chi connectivity index (χ2v) is 3.63. The zero-order valence-electron chi connectivity index (χ0n) is 10.0. The SMILES string of the molecule is CCC(C)NCCOCCOCC(C)=O. The number of carbonyl (C=O) groups is 1. The van der Waals surface area contributed by atoms with Gasteiger partial charge in [-0.3, -0.25) is 4.79 Å². The summed E-state index contributed by atoms with van der Waals surface area (Å²) in [6.07, 6.45) is 1.13. The lowest BCUT2D eigenvalue weighted by molar-refractivity contribution is -0.121. The number of hydrogen-bond acceptors (Lipinski definition) is 4. The summed E-state index contributed by atoms with van der Waals surface area (Å²) >= 11 is 0. The normalized spacial score (nSPS) is 12.7. The molecule has 4 nitrogen and oxygen atoms in total. The predicted octanol–water partition coefficient (Wildman–Crippen LogP) is 0.997. The highest BCUT2D eigenvalue weighted by atomic mass is 16.5. The summed E-state index contributed by atoms with van der Waals surface area (Å²) in [7, 11) is 0. The van der Waals surface area contributed by atoms with E-state index in [9.17, 15) is 4.79 Å². The van der Waals surface area contributed by atoms with Gasteiger partial charge in [-0.2, -0.15) is 0 Å². The molecule has 1 unspecified atom stereocenters. The van der Waals surface area contributed by atoms with E-state index < -0.39 is 0 Å². The molecule has 0 heterocycles. The summed E-state index contributed by atoms with van der Waals surface area (Å²) in [6, 6.07) is 0.544. The van der Waals surface area contributed by atoms with E-state index in [4.69, 9.17) is 9.47 Å². The number of carbonyl (C=O) groups excluding carboxylic acids is 1. The molecule has 15 heavy (non-hydrogen) atoms. The van der Waals surface area contributed by atoms with Crippen molar-refractivity contribution < 1.29 is 14.3 Å². The summed E-state index contributed by atoms with van der Waals surface area (Å²) in [5, 5.41) is 3.32. The van der Waals surface area contributed by atoms with Gasteiger partial charge in [-0.15, -0.1) is 0 Å². The quantitative estimate of drug-likeness (QED) is 0.555. The molecule has 0 aromatic rings. The first-order valence-corrected chi connectivity index (χ1v) is 5.55. The highest BCUT2D eigenvalue weighted by Crippen LogP contribution is 1.86. The third kappa shape index (κ3) is 11.5. The molecule has 0 aliphatic rings. The Kier molecular flexibility index (Phi) is 9.78. The molecule has 4 heteroatoms. The van der Waals surface area contributed by atoms with E-state index >= 15 is 0 Å². The minimum absolute atomic E-state index is 0.0495. The molecule has 0 amide bonds. The van der Waals surface area contributed by atoms with Gasteiger partial charge in [0.05, 0.1) is 19.8 Å². The molecule has 0 saturated carbocycles. The number of Topliss-reactive ketones (excluding diaryl/α,β-unsaturated/α-hetero) is 1. The Balaban J connectivity index is 3.02. The Morgan fingerprint density at radius 1 is 1.27 bits per heavy atom. The second-order valence-electron chi connectivity index (χ2n) is 3.63. The van der Waals surface area contributed by atoms with Crippen molar-refractivity contribution in [3.63, 3.8) is 0 Å². The molecule has 0 bridgehead atoms. The van der Waals surface area contributed by atoms with Gasteiger partial charge < -0.3 is 14.8 Å². The number of ketones is 1. The lowest BCUT2D eigenvalue weighted by atomic mass is 10.3. The molecule has 0 spiro atoms. The smallest absolute Gasteiger partial charge is 0.155 e. The lowest BCUT2D eigenvalue weighted by Crippen LogP contribution is -2.29. The van der Waals surface area contributed by atoms with E-state index in [1.165, 1.54) is 6.92 Å². The molecule has 0 fully saturated rings. The first-order valence-electron chi connectivity index (χ1n) is 5.55. The van der Waals surface area contributed by atoms with Crippen LogP contribution in [-0.2, 0) is 14.3 Å². The summed E-state index contributed by atoms with van der Waals surface area (Å²) in [5.41, 5.74) is 0. The maximum atomic E-state index is 10.5. The number of rotatable bonds is 10. The fraction of sp³-hybridized carbons (Fsp3) is 0.909. The van der Waals surface area contributed by atoms with E-state index in [0.717, 1.165) is 13.0 Å². The Morgan fingerprint density at radius 3 is 2.53 bits per heavy atom. The monoisotopic (exact) mass is 217 g/mol. The molecule has 1 atom stereocenters. The van der Waals surface area contributed by atoms with Crippen molar-refractivity contribution in [1.82, 2.24) is 5.32 Å². The molecule has 0 aromatic carbocycles. The third-order valence-electron chi connectivity index (χ3n) is 2.03. The second kappa shape index (κ2) is 10.1. The summed E-state index contributed by atoms with van der Waals surface area (Å²) in [6.45, 7) is 8.59. The van der Waals surface area contributed by atoms with Crippen molar-refractivity contribution in [3.05, 3.63) is 0 Å². The van der Waals surface area contributed by atoms with Crippen LogP contribution < -0.4 is 5.32 Å². The maximum Gasteiger partial charge on any atom is 0.155 e. The van der Waals surface area contributed by atoms with Crippen LogP contribution in [0.1, 0.15) is 27.2 Å². The molecule has 0 radical (unpaired) electrons. The molecule has 0 rings (SSSR count). The molecule has 90 valence electrons. The van der Waals surface area contributed by atoms with Gasteiger partial charge in [-0.25, -0.2) is 0 Å². The summed E-state index contributed by atoms with van der Waals surface area (Å²) < 4.78 is 10.4. The predicted molar refractivity (Wildman–Crippen MR) is 60.1 cm³/mol. The Labute approximate surface area is 92.3 Å². The lowest BCUT2D eigenvalue weighted by Gasteiger charge is -2.11. The third-order valence-corrected chi connectivity index (χ3v) is 2.03. The van der Waals surface area contributed by atoms with Crippen molar-refractivity contribution in [2.75, 3.05) is 33.0 Å². The van der Waals surface area contributed by atoms with Crippen LogP contribution in [0.25, 0.3) is 0 Å². The van der Waals surface area contributed by atoms with Gasteiger partial charge in [-0.05, 0) is 20.3 Å².